The van der Waals surface area contributed by atoms with Crippen LogP contribution in [-0.4, -0.2) is 60.6 Å². The molecule has 0 bridgehead atoms. The maximum Gasteiger partial charge on any atom is 0.258 e. The SMILES string of the molecule is CCC1CN(C(=NC)NCc2cccc(OCC(=O)NC3CC3)c2)CCS1. The minimum absolute atomic E-state index is 0.0464. The van der Waals surface area contributed by atoms with Crippen LogP contribution in [0.15, 0.2) is 29.3 Å². The normalized spacial score (nSPS) is 20.3. The third-order valence-electron chi connectivity index (χ3n) is 4.77. The van der Waals surface area contributed by atoms with Gasteiger partial charge in [0.25, 0.3) is 5.91 Å². The van der Waals surface area contributed by atoms with E-state index in [1.54, 1.807) is 0 Å². The van der Waals surface area contributed by atoms with Crippen LogP contribution in [0.5, 0.6) is 5.75 Å². The van der Waals surface area contributed by atoms with E-state index in [0.29, 0.717) is 17.8 Å². The fraction of sp³-hybridized carbons (Fsp3) is 0.600. The zero-order chi connectivity index (χ0) is 19.1. The summed E-state index contributed by atoms with van der Waals surface area (Å²) >= 11 is 2.05. The number of guanidine groups is 1. The van der Waals surface area contributed by atoms with Gasteiger partial charge in [0.05, 0.1) is 0 Å². The van der Waals surface area contributed by atoms with Crippen molar-refractivity contribution in [2.24, 2.45) is 4.99 Å². The Labute approximate surface area is 166 Å². The molecule has 1 saturated carbocycles. The Balaban J connectivity index is 1.48. The number of nitrogens with zero attached hydrogens (tertiary/aromatic N) is 2. The number of benzene rings is 1. The third kappa shape index (κ3) is 6.34. The molecule has 1 aliphatic heterocycles. The van der Waals surface area contributed by atoms with Crippen molar-refractivity contribution in [2.45, 2.75) is 44.0 Å². The number of rotatable bonds is 7. The first-order valence-electron chi connectivity index (χ1n) is 9.76. The molecule has 1 saturated heterocycles. The van der Waals surface area contributed by atoms with E-state index in [9.17, 15) is 4.79 Å². The molecule has 6 nitrogen and oxygen atoms in total. The Morgan fingerprint density at radius 2 is 2.26 bits per heavy atom. The fourth-order valence-electron chi connectivity index (χ4n) is 3.06. The van der Waals surface area contributed by atoms with Gasteiger partial charge in [-0.25, -0.2) is 0 Å². The Kier molecular flexibility index (Phi) is 7.26. The number of nitrogens with one attached hydrogen (secondary N) is 2. The van der Waals surface area contributed by atoms with E-state index >= 15 is 0 Å². The van der Waals surface area contributed by atoms with E-state index in [4.69, 9.17) is 4.74 Å². The van der Waals surface area contributed by atoms with Crippen molar-refractivity contribution in [3.63, 3.8) is 0 Å². The van der Waals surface area contributed by atoms with Gasteiger partial charge >= 0.3 is 0 Å². The topological polar surface area (TPSA) is 66.0 Å². The molecule has 1 aliphatic carbocycles. The monoisotopic (exact) mass is 390 g/mol. The lowest BCUT2D eigenvalue weighted by Gasteiger charge is -2.34. The minimum atomic E-state index is -0.0464. The molecule has 1 amide bonds. The van der Waals surface area contributed by atoms with Gasteiger partial charge in [-0.3, -0.25) is 9.79 Å². The Morgan fingerprint density at radius 1 is 1.41 bits per heavy atom. The highest BCUT2D eigenvalue weighted by Gasteiger charge is 2.23. The lowest BCUT2D eigenvalue weighted by atomic mass is 10.2. The fourth-order valence-corrected chi connectivity index (χ4v) is 4.24. The molecule has 0 radical (unpaired) electrons. The molecule has 1 aromatic rings. The number of amides is 1. The van der Waals surface area contributed by atoms with Gasteiger partial charge in [0.15, 0.2) is 12.6 Å². The van der Waals surface area contributed by atoms with Crippen LogP contribution in [0.4, 0.5) is 0 Å². The second kappa shape index (κ2) is 9.88. The minimum Gasteiger partial charge on any atom is -0.484 e. The van der Waals surface area contributed by atoms with E-state index in [1.807, 2.05) is 25.2 Å². The van der Waals surface area contributed by atoms with Crippen molar-refractivity contribution >= 4 is 23.6 Å². The Bertz CT molecular complexity index is 663. The number of carbonyl (C=O) groups excluding carboxylic acids is 1. The van der Waals surface area contributed by atoms with Crippen molar-refractivity contribution in [3.8, 4) is 5.75 Å². The highest BCUT2D eigenvalue weighted by Crippen LogP contribution is 2.21. The molecule has 1 aromatic carbocycles. The number of ether oxygens (including phenoxy) is 1. The third-order valence-corrected chi connectivity index (χ3v) is 6.14. The van der Waals surface area contributed by atoms with Crippen molar-refractivity contribution in [1.29, 1.82) is 0 Å². The molecular formula is C20H30N4O2S. The summed E-state index contributed by atoms with van der Waals surface area (Å²) in [6, 6.07) is 8.24. The zero-order valence-corrected chi connectivity index (χ0v) is 17.1. The molecule has 0 aromatic heterocycles. The van der Waals surface area contributed by atoms with Crippen molar-refractivity contribution in [2.75, 3.05) is 32.5 Å². The highest BCUT2D eigenvalue weighted by molar-refractivity contribution is 8.00. The molecule has 2 fully saturated rings. The van der Waals surface area contributed by atoms with Gasteiger partial charge in [0.1, 0.15) is 5.75 Å². The van der Waals surface area contributed by atoms with Gasteiger partial charge in [-0.05, 0) is 37.0 Å². The van der Waals surface area contributed by atoms with Crippen LogP contribution < -0.4 is 15.4 Å². The van der Waals surface area contributed by atoms with Crippen LogP contribution in [0.3, 0.4) is 0 Å². The molecule has 0 spiro atoms. The van der Waals surface area contributed by atoms with Gasteiger partial charge in [-0.2, -0.15) is 11.8 Å². The zero-order valence-electron chi connectivity index (χ0n) is 16.2. The van der Waals surface area contributed by atoms with Crippen LogP contribution in [0, 0.1) is 0 Å². The smallest absolute Gasteiger partial charge is 0.258 e. The summed E-state index contributed by atoms with van der Waals surface area (Å²) in [7, 11) is 1.84. The molecule has 27 heavy (non-hydrogen) atoms. The summed E-state index contributed by atoms with van der Waals surface area (Å²) in [4.78, 5) is 18.5. The first-order valence-corrected chi connectivity index (χ1v) is 10.8. The van der Waals surface area contributed by atoms with Gasteiger partial charge < -0.3 is 20.3 Å². The van der Waals surface area contributed by atoms with Crippen molar-refractivity contribution < 1.29 is 9.53 Å². The predicted molar refractivity (Wildman–Crippen MR) is 111 cm³/mol. The van der Waals surface area contributed by atoms with Crippen LogP contribution in [-0.2, 0) is 11.3 Å². The molecule has 1 atom stereocenters. The number of carbonyl (C=O) groups is 1. The van der Waals surface area contributed by atoms with Crippen LogP contribution in [0.1, 0.15) is 31.7 Å². The standard InChI is InChI=1S/C20H30N4O2S/c1-3-18-13-24(9-10-27-18)20(21-2)22-12-15-5-4-6-17(11-15)26-14-19(25)23-16-7-8-16/h4-6,11,16,18H,3,7-10,12-14H2,1-2H3,(H,21,22)(H,23,25). The van der Waals surface area contributed by atoms with Crippen LogP contribution in [0.25, 0.3) is 0 Å². The maximum absolute atomic E-state index is 11.8. The molecule has 1 heterocycles. The molecular weight excluding hydrogens is 360 g/mol. The highest BCUT2D eigenvalue weighted by atomic mass is 32.2. The average Bonchev–Trinajstić information content (AvgIpc) is 3.51. The van der Waals surface area contributed by atoms with E-state index in [1.165, 1.54) is 6.42 Å². The molecule has 1 unspecified atom stereocenters. The molecule has 7 heteroatoms. The number of thioether (sulfide) groups is 1. The summed E-state index contributed by atoms with van der Waals surface area (Å²) in [6.45, 7) is 5.06. The number of hydrogen-bond donors (Lipinski definition) is 2. The summed E-state index contributed by atoms with van der Waals surface area (Å²) < 4.78 is 5.63. The van der Waals surface area contributed by atoms with Crippen LogP contribution in [0.2, 0.25) is 0 Å². The van der Waals surface area contributed by atoms with E-state index in [0.717, 1.165) is 49.0 Å². The summed E-state index contributed by atoms with van der Waals surface area (Å²) in [5.74, 6) is 2.76. The largest absolute Gasteiger partial charge is 0.484 e. The average molecular weight is 391 g/mol. The second-order valence-corrected chi connectivity index (χ2v) is 8.43. The van der Waals surface area contributed by atoms with Gasteiger partial charge in [0, 0.05) is 43.7 Å². The number of aliphatic imine (C=N–C) groups is 1. The summed E-state index contributed by atoms with van der Waals surface area (Å²) in [5.41, 5.74) is 1.11. The van der Waals surface area contributed by atoms with E-state index < -0.39 is 0 Å². The van der Waals surface area contributed by atoms with Gasteiger partial charge in [-0.15, -0.1) is 0 Å². The maximum atomic E-state index is 11.8. The lowest BCUT2D eigenvalue weighted by molar-refractivity contribution is -0.123. The van der Waals surface area contributed by atoms with E-state index in [-0.39, 0.29) is 12.5 Å². The molecule has 2 aliphatic rings. The Hall–Kier alpha value is -1.89. The molecule has 3 rings (SSSR count). The molecule has 148 valence electrons. The van der Waals surface area contributed by atoms with Crippen molar-refractivity contribution in [1.82, 2.24) is 15.5 Å². The van der Waals surface area contributed by atoms with Gasteiger partial charge in [0.2, 0.25) is 0 Å². The quantitative estimate of drug-likeness (QED) is 0.552. The van der Waals surface area contributed by atoms with Crippen molar-refractivity contribution in [3.05, 3.63) is 29.8 Å². The van der Waals surface area contributed by atoms with Gasteiger partial charge in [-0.1, -0.05) is 19.1 Å². The first-order chi connectivity index (χ1) is 13.2. The second-order valence-electron chi connectivity index (χ2n) is 7.03. The first kappa shape index (κ1) is 19.9. The number of hydrogen-bond acceptors (Lipinski definition) is 4. The predicted octanol–water partition coefficient (Wildman–Crippen LogP) is 2.25. The summed E-state index contributed by atoms with van der Waals surface area (Å²) in [5, 5.41) is 7.07. The summed E-state index contributed by atoms with van der Waals surface area (Å²) in [6.07, 6.45) is 3.36. The Morgan fingerprint density at radius 3 is 3.00 bits per heavy atom. The van der Waals surface area contributed by atoms with E-state index in [2.05, 4.69) is 45.3 Å². The van der Waals surface area contributed by atoms with Crippen LogP contribution >= 0.6 is 11.8 Å². The molecule has 2 N–H and O–H groups in total. The lowest BCUT2D eigenvalue weighted by Crippen LogP contribution is -2.47.